The predicted molar refractivity (Wildman–Crippen MR) is 57.4 cm³/mol. The van der Waals surface area contributed by atoms with E-state index in [1.807, 2.05) is 13.1 Å². The lowest BCUT2D eigenvalue weighted by atomic mass is 10.2. The van der Waals surface area contributed by atoms with Crippen molar-refractivity contribution >= 4 is 0 Å². The Morgan fingerprint density at radius 3 is 2.87 bits per heavy atom. The number of rotatable bonds is 5. The molecule has 2 nitrogen and oxygen atoms in total. The Balaban J connectivity index is 1.97. The van der Waals surface area contributed by atoms with Crippen molar-refractivity contribution in [3.05, 3.63) is 29.6 Å². The van der Waals surface area contributed by atoms with Crippen molar-refractivity contribution in [2.75, 3.05) is 13.7 Å². The van der Waals surface area contributed by atoms with Crippen LogP contribution in [0.1, 0.15) is 18.4 Å². The summed E-state index contributed by atoms with van der Waals surface area (Å²) in [5.74, 6) is 0.770. The van der Waals surface area contributed by atoms with Crippen LogP contribution in [0.15, 0.2) is 18.2 Å². The molecule has 1 aromatic carbocycles. The summed E-state index contributed by atoms with van der Waals surface area (Å²) >= 11 is 0. The minimum atomic E-state index is -0.261. The van der Waals surface area contributed by atoms with Crippen molar-refractivity contribution in [3.63, 3.8) is 0 Å². The Labute approximate surface area is 89.4 Å². The summed E-state index contributed by atoms with van der Waals surface area (Å²) in [6.07, 6.45) is 2.44. The molecular formula is C12H16FNO. The van der Waals surface area contributed by atoms with Crippen molar-refractivity contribution in [2.24, 2.45) is 5.92 Å². The zero-order valence-electron chi connectivity index (χ0n) is 8.92. The molecule has 1 aliphatic rings. The molecule has 0 amide bonds. The summed E-state index contributed by atoms with van der Waals surface area (Å²) < 4.78 is 18.9. The van der Waals surface area contributed by atoms with E-state index in [0.29, 0.717) is 24.8 Å². The van der Waals surface area contributed by atoms with Gasteiger partial charge in [0.05, 0.1) is 6.61 Å². The van der Waals surface area contributed by atoms with Gasteiger partial charge in [-0.1, -0.05) is 6.07 Å². The Bertz CT molecular complexity index is 336. The second-order valence-electron chi connectivity index (χ2n) is 4.05. The van der Waals surface area contributed by atoms with Gasteiger partial charge in [-0.3, -0.25) is 0 Å². The molecule has 1 aliphatic carbocycles. The Hall–Kier alpha value is -1.09. The average molecular weight is 209 g/mol. The van der Waals surface area contributed by atoms with Gasteiger partial charge < -0.3 is 10.1 Å². The van der Waals surface area contributed by atoms with Crippen LogP contribution in [0.4, 0.5) is 4.39 Å². The second kappa shape index (κ2) is 4.62. The first-order chi connectivity index (χ1) is 7.29. The molecule has 3 heteroatoms. The van der Waals surface area contributed by atoms with E-state index < -0.39 is 0 Å². The van der Waals surface area contributed by atoms with Crippen LogP contribution in [0.25, 0.3) is 0 Å². The minimum Gasteiger partial charge on any atom is -0.490 e. The Kier molecular flexibility index (Phi) is 3.21. The highest BCUT2D eigenvalue weighted by molar-refractivity contribution is 5.29. The highest BCUT2D eigenvalue weighted by Gasteiger charge is 2.22. The quantitative estimate of drug-likeness (QED) is 0.803. The van der Waals surface area contributed by atoms with Gasteiger partial charge in [-0.25, -0.2) is 4.39 Å². The molecule has 0 heterocycles. The molecule has 0 spiro atoms. The number of hydrogen-bond acceptors (Lipinski definition) is 2. The molecule has 1 fully saturated rings. The van der Waals surface area contributed by atoms with Gasteiger partial charge in [0.15, 0.2) is 11.6 Å². The van der Waals surface area contributed by atoms with Crippen LogP contribution in [0, 0.1) is 11.7 Å². The standard InChI is InChI=1S/C12H16FNO/c1-14-7-10-4-5-12(11(13)6-10)15-8-9-2-3-9/h4-6,9,14H,2-3,7-8H2,1H3. The van der Waals surface area contributed by atoms with E-state index in [1.165, 1.54) is 18.9 Å². The van der Waals surface area contributed by atoms with Crippen LogP contribution in [-0.4, -0.2) is 13.7 Å². The Morgan fingerprint density at radius 2 is 2.27 bits per heavy atom. The molecular weight excluding hydrogens is 193 g/mol. The van der Waals surface area contributed by atoms with Crippen molar-refractivity contribution in [1.29, 1.82) is 0 Å². The summed E-state index contributed by atoms with van der Waals surface area (Å²) in [5.41, 5.74) is 0.939. The van der Waals surface area contributed by atoms with Gasteiger partial charge >= 0.3 is 0 Å². The topological polar surface area (TPSA) is 21.3 Å². The largest absolute Gasteiger partial charge is 0.490 e. The molecule has 0 bridgehead atoms. The number of halogens is 1. The van der Waals surface area contributed by atoms with Gasteiger partial charge in [0.25, 0.3) is 0 Å². The molecule has 1 aromatic rings. The maximum atomic E-state index is 13.5. The third-order valence-electron chi connectivity index (χ3n) is 2.55. The molecule has 1 N–H and O–H groups in total. The number of hydrogen-bond donors (Lipinski definition) is 1. The highest BCUT2D eigenvalue weighted by atomic mass is 19.1. The van der Waals surface area contributed by atoms with E-state index in [0.717, 1.165) is 5.56 Å². The van der Waals surface area contributed by atoms with Crippen LogP contribution in [-0.2, 0) is 6.54 Å². The fourth-order valence-corrected chi connectivity index (χ4v) is 1.47. The van der Waals surface area contributed by atoms with Crippen LogP contribution in [0.2, 0.25) is 0 Å². The molecule has 1 saturated carbocycles. The fourth-order valence-electron chi connectivity index (χ4n) is 1.47. The zero-order valence-corrected chi connectivity index (χ0v) is 8.92. The third kappa shape index (κ3) is 2.93. The molecule has 0 atom stereocenters. The molecule has 0 aliphatic heterocycles. The van der Waals surface area contributed by atoms with E-state index in [4.69, 9.17) is 4.74 Å². The molecule has 15 heavy (non-hydrogen) atoms. The van der Waals surface area contributed by atoms with E-state index in [1.54, 1.807) is 6.07 Å². The van der Waals surface area contributed by atoms with Gasteiger partial charge in [-0.2, -0.15) is 0 Å². The van der Waals surface area contributed by atoms with Gasteiger partial charge in [0.2, 0.25) is 0 Å². The van der Waals surface area contributed by atoms with Crippen molar-refractivity contribution in [2.45, 2.75) is 19.4 Å². The molecule has 82 valence electrons. The minimum absolute atomic E-state index is 0.261. The van der Waals surface area contributed by atoms with Crippen LogP contribution >= 0.6 is 0 Å². The van der Waals surface area contributed by atoms with Gasteiger partial charge in [0, 0.05) is 6.54 Å². The van der Waals surface area contributed by atoms with Crippen LogP contribution in [0.5, 0.6) is 5.75 Å². The number of nitrogens with one attached hydrogen (secondary N) is 1. The lowest BCUT2D eigenvalue weighted by Crippen LogP contribution is -2.06. The maximum Gasteiger partial charge on any atom is 0.165 e. The maximum absolute atomic E-state index is 13.5. The first-order valence-electron chi connectivity index (χ1n) is 5.35. The van der Waals surface area contributed by atoms with Crippen molar-refractivity contribution < 1.29 is 9.13 Å². The normalized spacial score (nSPS) is 15.3. The lowest BCUT2D eigenvalue weighted by Gasteiger charge is -2.07. The zero-order chi connectivity index (χ0) is 10.7. The van der Waals surface area contributed by atoms with Gasteiger partial charge in [0.1, 0.15) is 0 Å². The summed E-state index contributed by atoms with van der Waals surface area (Å²) in [6.45, 7) is 1.34. The van der Waals surface area contributed by atoms with Crippen molar-refractivity contribution in [3.8, 4) is 5.75 Å². The van der Waals surface area contributed by atoms with Gasteiger partial charge in [-0.05, 0) is 43.5 Å². The third-order valence-corrected chi connectivity index (χ3v) is 2.55. The predicted octanol–water partition coefficient (Wildman–Crippen LogP) is 2.33. The Morgan fingerprint density at radius 1 is 1.47 bits per heavy atom. The number of benzene rings is 1. The molecule has 0 radical (unpaired) electrons. The highest BCUT2D eigenvalue weighted by Crippen LogP contribution is 2.30. The molecule has 0 unspecified atom stereocenters. The van der Waals surface area contributed by atoms with E-state index in [9.17, 15) is 4.39 Å². The van der Waals surface area contributed by atoms with Gasteiger partial charge in [-0.15, -0.1) is 0 Å². The van der Waals surface area contributed by atoms with E-state index in [-0.39, 0.29) is 5.82 Å². The molecule has 2 rings (SSSR count). The SMILES string of the molecule is CNCc1ccc(OCC2CC2)c(F)c1. The molecule has 0 saturated heterocycles. The van der Waals surface area contributed by atoms with Crippen LogP contribution in [0.3, 0.4) is 0 Å². The summed E-state index contributed by atoms with van der Waals surface area (Å²) in [6, 6.07) is 5.13. The van der Waals surface area contributed by atoms with E-state index in [2.05, 4.69) is 5.32 Å². The number of ether oxygens (including phenoxy) is 1. The summed E-state index contributed by atoms with van der Waals surface area (Å²) in [7, 11) is 1.84. The molecule has 0 aromatic heterocycles. The summed E-state index contributed by atoms with van der Waals surface area (Å²) in [5, 5.41) is 2.98. The van der Waals surface area contributed by atoms with Crippen molar-refractivity contribution in [1.82, 2.24) is 5.32 Å². The first-order valence-corrected chi connectivity index (χ1v) is 5.35. The van der Waals surface area contributed by atoms with E-state index >= 15 is 0 Å². The average Bonchev–Trinajstić information content (AvgIpc) is 3.01. The monoisotopic (exact) mass is 209 g/mol. The van der Waals surface area contributed by atoms with Crippen LogP contribution < -0.4 is 10.1 Å². The second-order valence-corrected chi connectivity index (χ2v) is 4.05. The summed E-state index contributed by atoms with van der Waals surface area (Å²) in [4.78, 5) is 0. The lowest BCUT2D eigenvalue weighted by molar-refractivity contribution is 0.285. The smallest absolute Gasteiger partial charge is 0.165 e. The fraction of sp³-hybridized carbons (Fsp3) is 0.500. The first kappa shape index (κ1) is 10.4.